The van der Waals surface area contributed by atoms with Crippen LogP contribution in [-0.4, -0.2) is 45.4 Å². The molecule has 1 aromatic carbocycles. The molecule has 3 aliphatic rings. The van der Waals surface area contributed by atoms with Crippen LogP contribution in [0, 0.1) is 17.8 Å². The van der Waals surface area contributed by atoms with Crippen molar-refractivity contribution in [1.82, 2.24) is 20.0 Å². The van der Waals surface area contributed by atoms with Crippen LogP contribution in [0.1, 0.15) is 45.9 Å². The Morgan fingerprint density at radius 2 is 1.83 bits per heavy atom. The van der Waals surface area contributed by atoms with Crippen molar-refractivity contribution in [1.29, 1.82) is 0 Å². The van der Waals surface area contributed by atoms with E-state index < -0.39 is 11.1 Å². The fourth-order valence-corrected chi connectivity index (χ4v) is 5.20. The number of aromatic nitrogens is 2. The van der Waals surface area contributed by atoms with Crippen molar-refractivity contribution in [3.63, 3.8) is 0 Å². The molecular formula is C23H30N4O3. The fraction of sp³-hybridized carbons (Fsp3) is 0.609. The maximum atomic E-state index is 13.1. The number of hydrogen-bond donors (Lipinski definition) is 1. The van der Waals surface area contributed by atoms with Crippen LogP contribution in [0.25, 0.3) is 10.9 Å². The average Bonchev–Trinajstić information content (AvgIpc) is 3.03. The van der Waals surface area contributed by atoms with Gasteiger partial charge in [-0.1, -0.05) is 18.2 Å². The summed E-state index contributed by atoms with van der Waals surface area (Å²) in [6, 6.07) is 6.33. The largest absolute Gasteiger partial charge is 0.444 e. The number of fused-ring (bicyclic) bond motifs is 1. The maximum Gasteiger partial charge on any atom is 0.410 e. The lowest BCUT2D eigenvalue weighted by Crippen LogP contribution is -2.44. The Morgan fingerprint density at radius 1 is 1.13 bits per heavy atom. The summed E-state index contributed by atoms with van der Waals surface area (Å²) in [5.74, 6) is 0.496. The molecule has 3 heterocycles. The fourth-order valence-electron chi connectivity index (χ4n) is 5.20. The van der Waals surface area contributed by atoms with Gasteiger partial charge in [0.1, 0.15) is 5.60 Å². The molecule has 2 aromatic rings. The highest BCUT2D eigenvalue weighted by Gasteiger charge is 2.61. The Morgan fingerprint density at radius 3 is 2.50 bits per heavy atom. The molecule has 0 unspecified atom stereocenters. The first-order chi connectivity index (χ1) is 14.0. The SMILES string of the molecule is CC(C)(C)OC(=O)N1C[C@@H]2[C@H](C1)[C@H]2C(=O)NC(C)(C)c1nn2c3c(cccc13)CC2. The second kappa shape index (κ2) is 6.22. The van der Waals surface area contributed by atoms with E-state index in [1.54, 1.807) is 4.90 Å². The van der Waals surface area contributed by atoms with Gasteiger partial charge in [-0.05, 0) is 58.4 Å². The molecule has 1 saturated heterocycles. The van der Waals surface area contributed by atoms with E-state index in [2.05, 4.69) is 28.2 Å². The third-order valence-corrected chi connectivity index (χ3v) is 6.62. The summed E-state index contributed by atoms with van der Waals surface area (Å²) < 4.78 is 7.53. The quantitative estimate of drug-likeness (QED) is 0.844. The summed E-state index contributed by atoms with van der Waals surface area (Å²) in [4.78, 5) is 27.1. The van der Waals surface area contributed by atoms with Gasteiger partial charge in [0.15, 0.2) is 0 Å². The number of nitrogens with zero attached hydrogens (tertiary/aromatic N) is 3. The van der Waals surface area contributed by atoms with E-state index >= 15 is 0 Å². The van der Waals surface area contributed by atoms with Gasteiger partial charge in [-0.2, -0.15) is 5.10 Å². The summed E-state index contributed by atoms with van der Waals surface area (Å²) >= 11 is 0. The number of aryl methyl sites for hydroxylation is 2. The minimum absolute atomic E-state index is 0.0280. The van der Waals surface area contributed by atoms with Crippen LogP contribution in [0.15, 0.2) is 18.2 Å². The highest BCUT2D eigenvalue weighted by molar-refractivity contribution is 5.89. The molecule has 0 radical (unpaired) electrons. The van der Waals surface area contributed by atoms with E-state index in [9.17, 15) is 9.59 Å². The van der Waals surface area contributed by atoms with Gasteiger partial charge in [-0.15, -0.1) is 0 Å². The molecule has 3 atom stereocenters. The van der Waals surface area contributed by atoms with Crippen LogP contribution in [0.3, 0.4) is 0 Å². The lowest BCUT2D eigenvalue weighted by atomic mass is 9.95. The number of benzene rings is 1. The molecule has 0 spiro atoms. The van der Waals surface area contributed by atoms with Crippen LogP contribution < -0.4 is 5.32 Å². The maximum absolute atomic E-state index is 13.1. The van der Waals surface area contributed by atoms with Crippen molar-refractivity contribution < 1.29 is 14.3 Å². The van der Waals surface area contributed by atoms with Crippen molar-refractivity contribution in [2.75, 3.05) is 13.1 Å². The molecule has 2 fully saturated rings. The Labute approximate surface area is 176 Å². The van der Waals surface area contributed by atoms with Crippen molar-refractivity contribution in [3.05, 3.63) is 29.5 Å². The van der Waals surface area contributed by atoms with Crippen LogP contribution in [-0.2, 0) is 28.0 Å². The number of hydrogen-bond acceptors (Lipinski definition) is 4. The normalized spacial score (nSPS) is 24.8. The number of nitrogens with one attached hydrogen (secondary N) is 1. The van der Waals surface area contributed by atoms with Crippen molar-refractivity contribution >= 4 is 22.9 Å². The molecule has 5 rings (SSSR count). The Hall–Kier alpha value is -2.57. The second-order valence-electron chi connectivity index (χ2n) is 10.5. The standard InChI is InChI=1S/C23H30N4O3/c1-22(2,3)30-21(29)26-11-15-16(12-26)17(15)20(28)24-23(4,5)19-14-8-6-7-13-9-10-27(25-19)18(13)14/h6-8,15-17H,9-12H2,1-5H3,(H,24,28)/t15-,16+,17+. The van der Waals surface area contributed by atoms with Gasteiger partial charge >= 0.3 is 6.09 Å². The van der Waals surface area contributed by atoms with Gasteiger partial charge in [0.05, 0.1) is 16.7 Å². The minimum atomic E-state index is -0.557. The van der Waals surface area contributed by atoms with Gasteiger partial charge in [0, 0.05) is 30.9 Å². The predicted octanol–water partition coefficient (Wildman–Crippen LogP) is 3.06. The summed E-state index contributed by atoms with van der Waals surface area (Å²) in [5.41, 5.74) is 2.39. The molecule has 7 heteroatoms. The Kier molecular flexibility index (Phi) is 4.02. The summed E-state index contributed by atoms with van der Waals surface area (Å²) in [6.45, 7) is 11.7. The first-order valence-electron chi connectivity index (χ1n) is 10.8. The van der Waals surface area contributed by atoms with Gasteiger partial charge in [0.25, 0.3) is 0 Å². The van der Waals surface area contributed by atoms with Gasteiger partial charge in [0.2, 0.25) is 5.91 Å². The molecular weight excluding hydrogens is 380 g/mol. The predicted molar refractivity (Wildman–Crippen MR) is 113 cm³/mol. The lowest BCUT2D eigenvalue weighted by Gasteiger charge is -2.27. The van der Waals surface area contributed by atoms with Crippen molar-refractivity contribution in [3.8, 4) is 0 Å². The topological polar surface area (TPSA) is 76.5 Å². The van der Waals surface area contributed by atoms with Crippen LogP contribution in [0.2, 0.25) is 0 Å². The summed E-state index contributed by atoms with van der Waals surface area (Å²) in [7, 11) is 0. The zero-order chi connectivity index (χ0) is 21.4. The van der Waals surface area contributed by atoms with Crippen molar-refractivity contribution in [2.24, 2.45) is 17.8 Å². The number of para-hydroxylation sites is 1. The smallest absolute Gasteiger partial charge is 0.410 e. The van der Waals surface area contributed by atoms with E-state index in [4.69, 9.17) is 9.84 Å². The van der Waals surface area contributed by atoms with Gasteiger partial charge in [-0.25, -0.2) is 4.79 Å². The first kappa shape index (κ1) is 19.4. The van der Waals surface area contributed by atoms with E-state index in [-0.39, 0.29) is 29.8 Å². The van der Waals surface area contributed by atoms with Crippen molar-refractivity contribution in [2.45, 2.75) is 58.7 Å². The average molecular weight is 411 g/mol. The summed E-state index contributed by atoms with van der Waals surface area (Å²) in [5, 5.41) is 9.21. The molecule has 1 saturated carbocycles. The number of amides is 2. The monoisotopic (exact) mass is 410 g/mol. The molecule has 0 bridgehead atoms. The Balaban J connectivity index is 1.26. The number of ether oxygens (including phenoxy) is 1. The minimum Gasteiger partial charge on any atom is -0.444 e. The molecule has 30 heavy (non-hydrogen) atoms. The van der Waals surface area contributed by atoms with Crippen LogP contribution >= 0.6 is 0 Å². The third-order valence-electron chi connectivity index (χ3n) is 6.62. The number of carbonyl (C=O) groups excluding carboxylic acids is 2. The molecule has 1 aliphatic carbocycles. The number of carbonyl (C=O) groups is 2. The van der Waals surface area contributed by atoms with E-state index in [1.165, 1.54) is 11.1 Å². The first-order valence-corrected chi connectivity index (χ1v) is 10.8. The number of rotatable bonds is 3. The molecule has 2 amide bonds. The molecule has 160 valence electrons. The van der Waals surface area contributed by atoms with Gasteiger partial charge in [-0.3, -0.25) is 9.48 Å². The lowest BCUT2D eigenvalue weighted by molar-refractivity contribution is -0.125. The molecule has 1 N–H and O–H groups in total. The zero-order valence-corrected chi connectivity index (χ0v) is 18.4. The van der Waals surface area contributed by atoms with Crippen LogP contribution in [0.4, 0.5) is 4.79 Å². The van der Waals surface area contributed by atoms with Crippen LogP contribution in [0.5, 0.6) is 0 Å². The zero-order valence-electron chi connectivity index (χ0n) is 18.4. The van der Waals surface area contributed by atoms with Gasteiger partial charge < -0.3 is 15.0 Å². The Bertz CT molecular complexity index is 1040. The highest BCUT2D eigenvalue weighted by Crippen LogP contribution is 2.52. The van der Waals surface area contributed by atoms with E-state index in [1.807, 2.05) is 34.6 Å². The second-order valence-corrected chi connectivity index (χ2v) is 10.5. The molecule has 7 nitrogen and oxygen atoms in total. The highest BCUT2D eigenvalue weighted by atomic mass is 16.6. The molecule has 2 aliphatic heterocycles. The van der Waals surface area contributed by atoms with E-state index in [0.717, 1.165) is 24.0 Å². The number of piperidine rings is 1. The molecule has 1 aromatic heterocycles. The number of likely N-dealkylation sites (tertiary alicyclic amines) is 1. The van der Waals surface area contributed by atoms with E-state index in [0.29, 0.717) is 13.1 Å². The summed E-state index contributed by atoms with van der Waals surface area (Å²) in [6.07, 6.45) is 0.739. The third kappa shape index (κ3) is 3.06.